The molecule has 0 saturated heterocycles. The molecule has 0 bridgehead atoms. The molecule has 0 rings (SSSR count). The Labute approximate surface area is 96.3 Å². The third-order valence-corrected chi connectivity index (χ3v) is 1.35. The van der Waals surface area contributed by atoms with Crippen molar-refractivity contribution < 1.29 is 39.1 Å². The maximum atomic E-state index is 10.7. The van der Waals surface area contributed by atoms with Crippen molar-refractivity contribution in [2.24, 2.45) is 0 Å². The van der Waals surface area contributed by atoms with Crippen molar-refractivity contribution in [1.82, 2.24) is 0 Å². The van der Waals surface area contributed by atoms with Crippen LogP contribution < -0.4 is 29.6 Å². The van der Waals surface area contributed by atoms with Gasteiger partial charge in [-0.15, -0.1) is 0 Å². The summed E-state index contributed by atoms with van der Waals surface area (Å²) in [5, 5.41) is 0. The molecule has 0 aliphatic heterocycles. The zero-order chi connectivity index (χ0) is 8.69. The van der Waals surface area contributed by atoms with Gasteiger partial charge in [0.1, 0.15) is 0 Å². The van der Waals surface area contributed by atoms with Gasteiger partial charge in [0.15, 0.2) is 0 Å². The molecule has 0 radical (unpaired) electrons. The summed E-state index contributed by atoms with van der Waals surface area (Å²) in [4.78, 5) is 10.7. The van der Waals surface area contributed by atoms with Crippen LogP contribution in [0.4, 0.5) is 0 Å². The fraction of sp³-hybridized carbons (Fsp3) is 0.875. The van der Waals surface area contributed by atoms with E-state index in [1.54, 1.807) is 0 Å². The molecule has 0 aliphatic rings. The number of nitrogens with one attached hydrogen (secondary N) is 1. The Morgan fingerprint density at radius 3 is 2.50 bits per heavy atom. The van der Waals surface area contributed by atoms with Gasteiger partial charge in [-0.2, -0.15) is 0 Å². The summed E-state index contributed by atoms with van der Waals surface area (Å²) in [5.41, 5.74) is 6.99. The van der Waals surface area contributed by atoms with E-state index < -0.39 is 12.0 Å². The number of ether oxygens (including phenoxy) is 1. The van der Waals surface area contributed by atoms with Crippen molar-refractivity contribution in [3.63, 3.8) is 0 Å². The van der Waals surface area contributed by atoms with E-state index in [4.69, 9.17) is 10.5 Å². The van der Waals surface area contributed by atoms with Gasteiger partial charge >= 0.3 is 29.6 Å². The zero-order valence-electron chi connectivity index (χ0n) is 8.22. The Bertz CT molecular complexity index is 118. The maximum absolute atomic E-state index is 10.7. The molecule has 0 aromatic carbocycles. The van der Waals surface area contributed by atoms with E-state index in [9.17, 15) is 4.79 Å². The number of carbonyl (C=O) groups is 1. The molecule has 0 heterocycles. The fourth-order valence-corrected chi connectivity index (χ4v) is 0.650. The van der Waals surface area contributed by atoms with E-state index in [1.807, 2.05) is 0 Å². The standard InChI is InChI=1S/C8H16NO2.Na/c1-3-4-5-6-11-8(10)7(2)9;/h7,9H,3-6H2,1-2H3;/q-1;+1/t7-;/m1./s1. The third-order valence-electron chi connectivity index (χ3n) is 1.35. The van der Waals surface area contributed by atoms with Gasteiger partial charge in [-0.25, -0.2) is 0 Å². The van der Waals surface area contributed by atoms with Gasteiger partial charge in [0, 0.05) is 0 Å². The molecule has 0 aliphatic carbocycles. The Morgan fingerprint density at radius 1 is 1.50 bits per heavy atom. The minimum absolute atomic E-state index is 0. The van der Waals surface area contributed by atoms with Crippen LogP contribution in [-0.2, 0) is 9.53 Å². The van der Waals surface area contributed by atoms with E-state index in [-0.39, 0.29) is 29.6 Å². The van der Waals surface area contributed by atoms with Gasteiger partial charge < -0.3 is 10.5 Å². The van der Waals surface area contributed by atoms with E-state index in [0.717, 1.165) is 19.3 Å². The molecule has 0 aromatic heterocycles. The normalized spacial score (nSPS) is 11.6. The first-order chi connectivity index (χ1) is 5.18. The summed E-state index contributed by atoms with van der Waals surface area (Å²) in [7, 11) is 0. The van der Waals surface area contributed by atoms with Crippen LogP contribution in [0.5, 0.6) is 0 Å². The first-order valence-electron chi connectivity index (χ1n) is 4.06. The van der Waals surface area contributed by atoms with Crippen LogP contribution >= 0.6 is 0 Å². The second-order valence-electron chi connectivity index (χ2n) is 2.60. The minimum atomic E-state index is -0.739. The predicted molar refractivity (Wildman–Crippen MR) is 44.3 cm³/mol. The molecule has 0 saturated carbocycles. The van der Waals surface area contributed by atoms with Crippen LogP contribution in [0, 0.1) is 0 Å². The number of esters is 1. The average Bonchev–Trinajstić information content (AvgIpc) is 1.97. The van der Waals surface area contributed by atoms with Gasteiger partial charge in [0.25, 0.3) is 5.97 Å². The van der Waals surface area contributed by atoms with E-state index in [1.165, 1.54) is 6.92 Å². The van der Waals surface area contributed by atoms with Crippen LogP contribution in [-0.4, -0.2) is 18.6 Å². The predicted octanol–water partition coefficient (Wildman–Crippen LogP) is -0.835. The van der Waals surface area contributed by atoms with E-state index >= 15 is 0 Å². The number of carbonyl (C=O) groups excluding carboxylic acids is 1. The second kappa shape index (κ2) is 9.52. The minimum Gasteiger partial charge on any atom is -0.666 e. The molecule has 0 unspecified atom stereocenters. The number of hydrogen-bond acceptors (Lipinski definition) is 2. The molecule has 0 fully saturated rings. The first-order valence-corrected chi connectivity index (χ1v) is 4.06. The summed E-state index contributed by atoms with van der Waals surface area (Å²) in [6.45, 7) is 4.08. The average molecular weight is 181 g/mol. The Hall–Kier alpha value is 0.430. The molecule has 0 aromatic rings. The number of hydrogen-bond donors (Lipinski definition) is 0. The van der Waals surface area contributed by atoms with E-state index in [2.05, 4.69) is 6.92 Å². The molecule has 4 heteroatoms. The molecule has 1 N–H and O–H groups in total. The van der Waals surface area contributed by atoms with Crippen molar-refractivity contribution in [2.45, 2.75) is 39.2 Å². The quantitative estimate of drug-likeness (QED) is 0.315. The molecular formula is C8H16NNaO2. The number of rotatable bonds is 5. The van der Waals surface area contributed by atoms with Gasteiger partial charge in [-0.05, 0) is 12.5 Å². The van der Waals surface area contributed by atoms with Crippen LogP contribution in [0.1, 0.15) is 33.1 Å². The van der Waals surface area contributed by atoms with Crippen molar-refractivity contribution in [2.75, 3.05) is 6.61 Å². The molecule has 0 spiro atoms. The van der Waals surface area contributed by atoms with Gasteiger partial charge in [-0.1, -0.05) is 26.7 Å². The zero-order valence-corrected chi connectivity index (χ0v) is 10.2. The van der Waals surface area contributed by atoms with Crippen LogP contribution in [0.2, 0.25) is 0 Å². The Morgan fingerprint density at radius 2 is 2.08 bits per heavy atom. The monoisotopic (exact) mass is 181 g/mol. The molecule has 3 nitrogen and oxygen atoms in total. The SMILES string of the molecule is CCCCCOC(=O)[C@@H](C)[NH-].[Na+]. The molecule has 0 amide bonds. The van der Waals surface area contributed by atoms with Crippen molar-refractivity contribution in [1.29, 1.82) is 0 Å². The van der Waals surface area contributed by atoms with Gasteiger partial charge in [-0.3, -0.25) is 4.79 Å². The Kier molecular flexibility index (Phi) is 11.8. The first kappa shape index (κ1) is 14.9. The summed E-state index contributed by atoms with van der Waals surface area (Å²) in [6.07, 6.45) is 3.11. The molecule has 12 heavy (non-hydrogen) atoms. The fourth-order valence-electron chi connectivity index (χ4n) is 0.650. The summed E-state index contributed by atoms with van der Waals surface area (Å²) in [5.74, 6) is -0.416. The summed E-state index contributed by atoms with van der Waals surface area (Å²) >= 11 is 0. The van der Waals surface area contributed by atoms with E-state index in [0.29, 0.717) is 6.61 Å². The molecule has 66 valence electrons. The van der Waals surface area contributed by atoms with Crippen molar-refractivity contribution in [3.8, 4) is 0 Å². The van der Waals surface area contributed by atoms with Crippen LogP contribution in [0.25, 0.3) is 5.73 Å². The smallest absolute Gasteiger partial charge is 0.666 e. The summed E-state index contributed by atoms with van der Waals surface area (Å²) < 4.78 is 4.78. The van der Waals surface area contributed by atoms with Crippen LogP contribution in [0.3, 0.4) is 0 Å². The van der Waals surface area contributed by atoms with Crippen LogP contribution in [0.15, 0.2) is 0 Å². The number of unbranched alkanes of at least 4 members (excludes halogenated alkanes) is 2. The topological polar surface area (TPSA) is 50.1 Å². The Balaban J connectivity index is 0. The maximum Gasteiger partial charge on any atom is 1.00 e. The summed E-state index contributed by atoms with van der Waals surface area (Å²) in [6, 6.07) is -0.739. The van der Waals surface area contributed by atoms with Gasteiger partial charge in [0.2, 0.25) is 0 Å². The van der Waals surface area contributed by atoms with Gasteiger partial charge in [0.05, 0.1) is 6.61 Å². The molecular weight excluding hydrogens is 165 g/mol. The molecule has 1 atom stereocenters. The largest absolute Gasteiger partial charge is 1.00 e. The van der Waals surface area contributed by atoms with Crippen molar-refractivity contribution >= 4 is 5.97 Å². The second-order valence-corrected chi connectivity index (χ2v) is 2.60. The van der Waals surface area contributed by atoms with Crippen molar-refractivity contribution in [3.05, 3.63) is 5.73 Å². The third kappa shape index (κ3) is 8.53.